The van der Waals surface area contributed by atoms with E-state index >= 15 is 0 Å². The van der Waals surface area contributed by atoms with Crippen molar-refractivity contribution < 1.29 is 14.3 Å². The van der Waals surface area contributed by atoms with Gasteiger partial charge in [0.25, 0.3) is 5.91 Å². The summed E-state index contributed by atoms with van der Waals surface area (Å²) in [6.07, 6.45) is 1.97. The fraction of sp³-hybridized carbons (Fsp3) is 0.200. The first-order chi connectivity index (χ1) is 15.6. The number of para-hydroxylation sites is 1. The number of halogens is 1. The Morgan fingerprint density at radius 2 is 1.62 bits per heavy atom. The second-order valence-electron chi connectivity index (χ2n) is 7.64. The van der Waals surface area contributed by atoms with E-state index in [0.717, 1.165) is 24.0 Å². The lowest BCUT2D eigenvalue weighted by molar-refractivity contribution is -0.123. The molecule has 3 aromatic carbocycles. The van der Waals surface area contributed by atoms with E-state index in [-0.39, 0.29) is 11.9 Å². The van der Waals surface area contributed by atoms with Crippen molar-refractivity contribution in [3.05, 3.63) is 101 Å². The molecular weight excluding hydrogens is 426 g/mol. The predicted molar refractivity (Wildman–Crippen MR) is 123 cm³/mol. The maximum absolute atomic E-state index is 12.9. The lowest BCUT2D eigenvalue weighted by atomic mass is 10.1. The van der Waals surface area contributed by atoms with Crippen LogP contribution in [0.5, 0.6) is 5.75 Å². The standard InChI is InChI=1S/C25H24ClN3O3/c26-19-12-10-17(11-13-19)16-32-22-9-5-4-8-21(22)24(30)29-28-23(18-6-2-1-3-7-18)25(31)27-20-14-15-20/h1-13,20,23,28H,14-16H2,(H,27,31)(H,29,30). The first-order valence-corrected chi connectivity index (χ1v) is 10.9. The molecule has 0 spiro atoms. The number of hydrazine groups is 1. The Morgan fingerprint density at radius 3 is 2.34 bits per heavy atom. The molecule has 0 bridgehead atoms. The SMILES string of the molecule is O=C(NNC(C(=O)NC1CC1)c1ccccc1)c1ccccc1OCc1ccc(Cl)cc1. The molecule has 0 aliphatic heterocycles. The Labute approximate surface area is 191 Å². The first-order valence-electron chi connectivity index (χ1n) is 10.5. The van der Waals surface area contributed by atoms with Gasteiger partial charge in [-0.15, -0.1) is 0 Å². The molecule has 3 aromatic rings. The van der Waals surface area contributed by atoms with Crippen LogP contribution in [0.1, 0.15) is 40.4 Å². The molecule has 6 nitrogen and oxygen atoms in total. The van der Waals surface area contributed by atoms with Crippen molar-refractivity contribution in [1.29, 1.82) is 0 Å². The number of hydrogen-bond donors (Lipinski definition) is 3. The molecule has 1 aliphatic rings. The summed E-state index contributed by atoms with van der Waals surface area (Å²) in [4.78, 5) is 25.6. The fourth-order valence-electron chi connectivity index (χ4n) is 3.18. The van der Waals surface area contributed by atoms with Gasteiger partial charge < -0.3 is 10.1 Å². The van der Waals surface area contributed by atoms with Gasteiger partial charge in [-0.2, -0.15) is 0 Å². The molecule has 2 amide bonds. The quantitative estimate of drug-likeness (QED) is 0.428. The molecule has 3 N–H and O–H groups in total. The molecule has 0 heterocycles. The third-order valence-electron chi connectivity index (χ3n) is 5.09. The predicted octanol–water partition coefficient (Wildman–Crippen LogP) is 4.17. The molecule has 0 aromatic heterocycles. The Kier molecular flexibility index (Phi) is 7.04. The van der Waals surface area contributed by atoms with Gasteiger partial charge in [-0.3, -0.25) is 15.0 Å². The van der Waals surface area contributed by atoms with Gasteiger partial charge in [0.05, 0.1) is 5.56 Å². The Balaban J connectivity index is 1.43. The van der Waals surface area contributed by atoms with Crippen LogP contribution in [0, 0.1) is 0 Å². The zero-order valence-electron chi connectivity index (χ0n) is 17.4. The third-order valence-corrected chi connectivity index (χ3v) is 5.34. The summed E-state index contributed by atoms with van der Waals surface area (Å²) in [5.74, 6) is -0.122. The van der Waals surface area contributed by atoms with Crippen molar-refractivity contribution in [2.75, 3.05) is 0 Å². The summed E-state index contributed by atoms with van der Waals surface area (Å²) in [6, 6.07) is 23.1. The van der Waals surface area contributed by atoms with Gasteiger partial charge in [0.1, 0.15) is 18.4 Å². The third kappa shape index (κ3) is 5.87. The smallest absolute Gasteiger partial charge is 0.269 e. The van der Waals surface area contributed by atoms with Gasteiger partial charge in [-0.25, -0.2) is 5.43 Å². The minimum atomic E-state index is -0.706. The lowest BCUT2D eigenvalue weighted by Crippen LogP contribution is -2.47. The number of amides is 2. The van der Waals surface area contributed by atoms with Crippen LogP contribution in [0.4, 0.5) is 0 Å². The van der Waals surface area contributed by atoms with Gasteiger partial charge in [-0.05, 0) is 48.2 Å². The molecule has 0 saturated heterocycles. The summed E-state index contributed by atoms with van der Waals surface area (Å²) in [6.45, 7) is 0.297. The number of ether oxygens (including phenoxy) is 1. The second kappa shape index (κ2) is 10.3. The van der Waals surface area contributed by atoms with E-state index in [1.807, 2.05) is 42.5 Å². The monoisotopic (exact) mass is 449 g/mol. The van der Waals surface area contributed by atoms with Gasteiger partial charge in [-0.1, -0.05) is 66.2 Å². The molecule has 1 saturated carbocycles. The van der Waals surface area contributed by atoms with Crippen molar-refractivity contribution in [3.63, 3.8) is 0 Å². The number of hydrogen-bond acceptors (Lipinski definition) is 4. The van der Waals surface area contributed by atoms with Crippen molar-refractivity contribution in [1.82, 2.24) is 16.2 Å². The van der Waals surface area contributed by atoms with Gasteiger partial charge >= 0.3 is 0 Å². The van der Waals surface area contributed by atoms with Crippen LogP contribution in [-0.4, -0.2) is 17.9 Å². The van der Waals surface area contributed by atoms with E-state index in [4.69, 9.17) is 16.3 Å². The summed E-state index contributed by atoms with van der Waals surface area (Å²) in [5.41, 5.74) is 7.62. The number of carbonyl (C=O) groups is 2. The number of carbonyl (C=O) groups excluding carboxylic acids is 2. The lowest BCUT2D eigenvalue weighted by Gasteiger charge is -2.20. The summed E-state index contributed by atoms with van der Waals surface area (Å²) >= 11 is 5.92. The van der Waals surface area contributed by atoms with E-state index in [0.29, 0.717) is 22.9 Å². The highest BCUT2D eigenvalue weighted by atomic mass is 35.5. The molecule has 4 rings (SSSR count). The molecule has 1 fully saturated rings. The molecule has 1 atom stereocenters. The zero-order valence-corrected chi connectivity index (χ0v) is 18.1. The summed E-state index contributed by atoms with van der Waals surface area (Å²) in [7, 11) is 0. The van der Waals surface area contributed by atoms with E-state index in [1.165, 1.54) is 0 Å². The molecule has 1 aliphatic carbocycles. The maximum Gasteiger partial charge on any atom is 0.269 e. The number of benzene rings is 3. The molecule has 0 radical (unpaired) electrons. The average molecular weight is 450 g/mol. The van der Waals surface area contributed by atoms with Gasteiger partial charge in [0, 0.05) is 11.1 Å². The van der Waals surface area contributed by atoms with E-state index in [2.05, 4.69) is 16.2 Å². The minimum Gasteiger partial charge on any atom is -0.488 e. The first kappa shape index (κ1) is 21.9. The molecule has 32 heavy (non-hydrogen) atoms. The van der Waals surface area contributed by atoms with Crippen LogP contribution in [-0.2, 0) is 11.4 Å². The second-order valence-corrected chi connectivity index (χ2v) is 8.07. The number of rotatable bonds is 9. The van der Waals surface area contributed by atoms with Crippen LogP contribution in [0.15, 0.2) is 78.9 Å². The molecular formula is C25H24ClN3O3. The summed E-state index contributed by atoms with van der Waals surface area (Å²) < 4.78 is 5.87. The van der Waals surface area contributed by atoms with Crippen LogP contribution >= 0.6 is 11.6 Å². The normalized spacial score (nSPS) is 13.8. The van der Waals surface area contributed by atoms with Crippen LogP contribution in [0.3, 0.4) is 0 Å². The molecule has 1 unspecified atom stereocenters. The Morgan fingerprint density at radius 1 is 0.938 bits per heavy atom. The highest BCUT2D eigenvalue weighted by Gasteiger charge is 2.28. The topological polar surface area (TPSA) is 79.5 Å². The highest BCUT2D eigenvalue weighted by Crippen LogP contribution is 2.22. The highest BCUT2D eigenvalue weighted by molar-refractivity contribution is 6.30. The number of nitrogens with one attached hydrogen (secondary N) is 3. The van der Waals surface area contributed by atoms with Crippen molar-refractivity contribution >= 4 is 23.4 Å². The van der Waals surface area contributed by atoms with Crippen molar-refractivity contribution in [2.24, 2.45) is 0 Å². The van der Waals surface area contributed by atoms with E-state index in [9.17, 15) is 9.59 Å². The molecule has 164 valence electrons. The fourth-order valence-corrected chi connectivity index (χ4v) is 3.31. The van der Waals surface area contributed by atoms with Gasteiger partial charge in [0.15, 0.2) is 0 Å². The Hall–Kier alpha value is -3.35. The molecule has 7 heteroatoms. The van der Waals surface area contributed by atoms with Crippen LogP contribution in [0.25, 0.3) is 0 Å². The van der Waals surface area contributed by atoms with Crippen molar-refractivity contribution in [3.8, 4) is 5.75 Å². The maximum atomic E-state index is 12.9. The van der Waals surface area contributed by atoms with Crippen LogP contribution < -0.4 is 20.9 Å². The largest absolute Gasteiger partial charge is 0.488 e. The van der Waals surface area contributed by atoms with Crippen LogP contribution in [0.2, 0.25) is 5.02 Å². The minimum absolute atomic E-state index is 0.175. The van der Waals surface area contributed by atoms with E-state index < -0.39 is 11.9 Å². The average Bonchev–Trinajstić information content (AvgIpc) is 3.63. The Bertz CT molecular complexity index is 1070. The van der Waals surface area contributed by atoms with Gasteiger partial charge in [0.2, 0.25) is 5.91 Å². The zero-order chi connectivity index (χ0) is 22.3. The summed E-state index contributed by atoms with van der Waals surface area (Å²) in [5, 5.41) is 3.63. The van der Waals surface area contributed by atoms with E-state index in [1.54, 1.807) is 36.4 Å². The van der Waals surface area contributed by atoms with Crippen molar-refractivity contribution in [2.45, 2.75) is 31.5 Å².